The minimum absolute atomic E-state index is 0.275. The van der Waals surface area contributed by atoms with Gasteiger partial charge in [-0.1, -0.05) is 44.2 Å². The zero-order chi connectivity index (χ0) is 15.2. The summed E-state index contributed by atoms with van der Waals surface area (Å²) in [7, 11) is 0. The van der Waals surface area contributed by atoms with Crippen molar-refractivity contribution in [3.63, 3.8) is 0 Å². The number of nitrogens with two attached hydrogens (primary N) is 1. The van der Waals surface area contributed by atoms with Gasteiger partial charge in [-0.25, -0.2) is 0 Å². The lowest BCUT2D eigenvalue weighted by Gasteiger charge is -2.36. The topological polar surface area (TPSA) is 55.6 Å². The molecule has 1 atom stereocenters. The molecule has 116 valence electrons. The van der Waals surface area contributed by atoms with Crippen molar-refractivity contribution in [2.24, 2.45) is 11.7 Å². The molecule has 0 spiro atoms. The first kappa shape index (κ1) is 16.0. The second-order valence-corrected chi connectivity index (χ2v) is 6.18. The molecule has 1 aliphatic rings. The quantitative estimate of drug-likeness (QED) is 0.875. The first-order chi connectivity index (χ1) is 10.1. The molecule has 0 unspecified atom stereocenters. The van der Waals surface area contributed by atoms with Crippen LogP contribution in [0.1, 0.15) is 38.3 Å². The number of hydrogen-bond donors (Lipinski definition) is 1. The molecule has 4 heteroatoms. The van der Waals surface area contributed by atoms with Gasteiger partial charge < -0.3 is 10.5 Å². The summed E-state index contributed by atoms with van der Waals surface area (Å²) in [6.45, 7) is 6.83. The standard InChI is InChI=1S/C17H26N2O2/c1-13(2)12-21-15-8-10-19(11-9-15)16(17(18)20)14-6-4-3-5-7-14/h3-7,13,15-16H,8-12H2,1-2H3,(H2,18,20)/t16-/m0/s1. The summed E-state index contributed by atoms with van der Waals surface area (Å²) in [5.41, 5.74) is 6.60. The fourth-order valence-corrected chi connectivity index (χ4v) is 2.82. The molecule has 21 heavy (non-hydrogen) atoms. The lowest BCUT2D eigenvalue weighted by atomic mass is 10.00. The van der Waals surface area contributed by atoms with E-state index in [2.05, 4.69) is 18.7 Å². The highest BCUT2D eigenvalue weighted by molar-refractivity contribution is 5.81. The summed E-state index contributed by atoms with van der Waals surface area (Å²) in [4.78, 5) is 14.0. The average Bonchev–Trinajstić information content (AvgIpc) is 2.47. The molecule has 1 aliphatic heterocycles. The number of rotatable bonds is 6. The van der Waals surface area contributed by atoms with Gasteiger partial charge in [0.25, 0.3) is 0 Å². The third-order valence-electron chi connectivity index (χ3n) is 3.89. The van der Waals surface area contributed by atoms with Crippen LogP contribution < -0.4 is 5.73 Å². The van der Waals surface area contributed by atoms with Crippen LogP contribution in [-0.2, 0) is 9.53 Å². The van der Waals surface area contributed by atoms with Crippen molar-refractivity contribution in [2.75, 3.05) is 19.7 Å². The lowest BCUT2D eigenvalue weighted by Crippen LogP contribution is -2.44. The van der Waals surface area contributed by atoms with E-state index < -0.39 is 0 Å². The van der Waals surface area contributed by atoms with Crippen LogP contribution in [0.15, 0.2) is 30.3 Å². The van der Waals surface area contributed by atoms with Crippen molar-refractivity contribution < 1.29 is 9.53 Å². The largest absolute Gasteiger partial charge is 0.378 e. The summed E-state index contributed by atoms with van der Waals surface area (Å²) in [6.07, 6.45) is 2.24. The molecule has 1 fully saturated rings. The Kier molecular flexibility index (Phi) is 5.76. The zero-order valence-corrected chi connectivity index (χ0v) is 13.0. The van der Waals surface area contributed by atoms with E-state index in [4.69, 9.17) is 10.5 Å². The maximum Gasteiger partial charge on any atom is 0.239 e. The number of nitrogens with zero attached hydrogens (tertiary/aromatic N) is 1. The van der Waals surface area contributed by atoms with Crippen molar-refractivity contribution >= 4 is 5.91 Å². The molecule has 0 radical (unpaired) electrons. The minimum Gasteiger partial charge on any atom is -0.378 e. The molecule has 1 heterocycles. The minimum atomic E-state index is -0.322. The first-order valence-corrected chi connectivity index (χ1v) is 7.78. The lowest BCUT2D eigenvalue weighted by molar-refractivity contribution is -0.124. The number of primary amides is 1. The Morgan fingerprint density at radius 2 is 1.90 bits per heavy atom. The molecule has 0 bridgehead atoms. The molecular formula is C17H26N2O2. The van der Waals surface area contributed by atoms with E-state index in [1.165, 1.54) is 0 Å². The molecule has 2 rings (SSSR count). The van der Waals surface area contributed by atoms with Crippen LogP contribution in [0.4, 0.5) is 0 Å². The van der Waals surface area contributed by atoms with Crippen LogP contribution in [0.3, 0.4) is 0 Å². The number of likely N-dealkylation sites (tertiary alicyclic amines) is 1. The summed E-state index contributed by atoms with van der Waals surface area (Å²) in [5.74, 6) is 0.286. The van der Waals surface area contributed by atoms with Gasteiger partial charge >= 0.3 is 0 Å². The highest BCUT2D eigenvalue weighted by Crippen LogP contribution is 2.25. The van der Waals surface area contributed by atoms with Gasteiger partial charge in [-0.3, -0.25) is 9.69 Å². The molecule has 0 saturated carbocycles. The third kappa shape index (κ3) is 4.55. The molecule has 4 nitrogen and oxygen atoms in total. The molecule has 1 saturated heterocycles. The molecule has 2 N–H and O–H groups in total. The van der Waals surface area contributed by atoms with E-state index in [0.29, 0.717) is 12.0 Å². The van der Waals surface area contributed by atoms with E-state index in [9.17, 15) is 4.79 Å². The summed E-state index contributed by atoms with van der Waals surface area (Å²) in [6, 6.07) is 9.46. The van der Waals surface area contributed by atoms with Crippen LogP contribution in [0.25, 0.3) is 0 Å². The van der Waals surface area contributed by atoms with Gasteiger partial charge in [0.15, 0.2) is 0 Å². The maximum absolute atomic E-state index is 11.8. The Balaban J connectivity index is 1.94. The molecular weight excluding hydrogens is 264 g/mol. The van der Waals surface area contributed by atoms with Gasteiger partial charge in [-0.15, -0.1) is 0 Å². The number of amides is 1. The van der Waals surface area contributed by atoms with Gasteiger partial charge in [0.1, 0.15) is 6.04 Å². The van der Waals surface area contributed by atoms with Crippen LogP contribution in [0.5, 0.6) is 0 Å². The monoisotopic (exact) mass is 290 g/mol. The van der Waals surface area contributed by atoms with Crippen molar-refractivity contribution in [1.82, 2.24) is 4.90 Å². The smallest absolute Gasteiger partial charge is 0.239 e. The Morgan fingerprint density at radius 1 is 1.29 bits per heavy atom. The predicted molar refractivity (Wildman–Crippen MR) is 83.8 cm³/mol. The highest BCUT2D eigenvalue weighted by Gasteiger charge is 2.29. The third-order valence-corrected chi connectivity index (χ3v) is 3.89. The van der Waals surface area contributed by atoms with Gasteiger partial charge in [-0.2, -0.15) is 0 Å². The van der Waals surface area contributed by atoms with Crippen molar-refractivity contribution in [3.8, 4) is 0 Å². The number of carbonyl (C=O) groups excluding carboxylic acids is 1. The van der Waals surface area contributed by atoms with Crippen molar-refractivity contribution in [3.05, 3.63) is 35.9 Å². The first-order valence-electron chi connectivity index (χ1n) is 7.78. The predicted octanol–water partition coefficient (Wildman–Crippen LogP) is 2.35. The summed E-state index contributed by atoms with van der Waals surface area (Å²) >= 11 is 0. The molecule has 1 amide bonds. The van der Waals surface area contributed by atoms with E-state index in [-0.39, 0.29) is 11.9 Å². The molecule has 1 aromatic carbocycles. The Morgan fingerprint density at radius 3 is 2.43 bits per heavy atom. The number of ether oxygens (including phenoxy) is 1. The van der Waals surface area contributed by atoms with E-state index in [1.807, 2.05) is 30.3 Å². The Hall–Kier alpha value is -1.39. The highest BCUT2D eigenvalue weighted by atomic mass is 16.5. The van der Waals surface area contributed by atoms with Crippen LogP contribution in [-0.4, -0.2) is 36.6 Å². The fourth-order valence-electron chi connectivity index (χ4n) is 2.82. The summed E-state index contributed by atoms with van der Waals surface area (Å²) in [5, 5.41) is 0. The Bertz CT molecular complexity index is 439. The Labute approximate surface area is 127 Å². The normalized spacial score (nSPS) is 18.8. The number of benzene rings is 1. The number of hydrogen-bond acceptors (Lipinski definition) is 3. The van der Waals surface area contributed by atoms with E-state index in [1.54, 1.807) is 0 Å². The summed E-state index contributed by atoms with van der Waals surface area (Å²) < 4.78 is 5.90. The number of carbonyl (C=O) groups is 1. The molecule has 0 aliphatic carbocycles. The number of piperidine rings is 1. The molecule has 1 aromatic rings. The second kappa shape index (κ2) is 7.57. The maximum atomic E-state index is 11.8. The van der Waals surface area contributed by atoms with Gasteiger partial charge in [0.05, 0.1) is 6.10 Å². The molecule has 0 aromatic heterocycles. The second-order valence-electron chi connectivity index (χ2n) is 6.18. The fraction of sp³-hybridized carbons (Fsp3) is 0.588. The van der Waals surface area contributed by atoms with Crippen LogP contribution in [0, 0.1) is 5.92 Å². The zero-order valence-electron chi connectivity index (χ0n) is 13.0. The van der Waals surface area contributed by atoms with Crippen LogP contribution in [0.2, 0.25) is 0 Å². The van der Waals surface area contributed by atoms with Crippen LogP contribution >= 0.6 is 0 Å². The van der Waals surface area contributed by atoms with Gasteiger partial charge in [0, 0.05) is 19.7 Å². The van der Waals surface area contributed by atoms with Gasteiger partial charge in [0.2, 0.25) is 5.91 Å². The van der Waals surface area contributed by atoms with E-state index >= 15 is 0 Å². The van der Waals surface area contributed by atoms with E-state index in [0.717, 1.165) is 38.1 Å². The van der Waals surface area contributed by atoms with Gasteiger partial charge in [-0.05, 0) is 24.3 Å². The van der Waals surface area contributed by atoms with Crippen molar-refractivity contribution in [1.29, 1.82) is 0 Å². The van der Waals surface area contributed by atoms with Crippen molar-refractivity contribution in [2.45, 2.75) is 38.8 Å². The average molecular weight is 290 g/mol. The SMILES string of the molecule is CC(C)COC1CCN([C@H](C(N)=O)c2ccccc2)CC1.